The summed E-state index contributed by atoms with van der Waals surface area (Å²) in [6, 6.07) is 7.33. The van der Waals surface area contributed by atoms with Crippen LogP contribution in [0.4, 0.5) is 10.7 Å². The normalized spacial score (nSPS) is 22.8. The molecule has 0 radical (unpaired) electrons. The van der Waals surface area contributed by atoms with Crippen molar-refractivity contribution in [3.63, 3.8) is 0 Å². The summed E-state index contributed by atoms with van der Waals surface area (Å²) >= 11 is 0. The highest BCUT2D eigenvalue weighted by Gasteiger charge is 2.56. The van der Waals surface area contributed by atoms with Crippen molar-refractivity contribution < 1.29 is 9.59 Å². The molecule has 1 N–H and O–H groups in total. The van der Waals surface area contributed by atoms with Crippen molar-refractivity contribution in [2.45, 2.75) is 38.8 Å². The number of carbonyl (C=O) groups excluding carboxylic acids is 2. The minimum Gasteiger partial charge on any atom is -0.319 e. The number of nitrogens with one attached hydrogen (secondary N) is 1. The predicted molar refractivity (Wildman–Crippen MR) is 82.9 cm³/mol. The lowest BCUT2D eigenvalue weighted by molar-refractivity contribution is -0.122. The Morgan fingerprint density at radius 2 is 2.09 bits per heavy atom. The number of imide groups is 1. The van der Waals surface area contributed by atoms with Crippen LogP contribution in [0, 0.1) is 6.92 Å². The average Bonchev–Trinajstić information content (AvgIpc) is 3.16. The maximum absolute atomic E-state index is 13.1. The number of nitrogens with zero attached hydrogens (tertiary/aromatic N) is 4. The van der Waals surface area contributed by atoms with Crippen molar-refractivity contribution in [2.24, 2.45) is 0 Å². The van der Waals surface area contributed by atoms with Gasteiger partial charge in [-0.25, -0.2) is 9.48 Å². The summed E-state index contributed by atoms with van der Waals surface area (Å²) in [6.45, 7) is 4.18. The van der Waals surface area contributed by atoms with Crippen molar-refractivity contribution in [1.29, 1.82) is 0 Å². The molecule has 0 bridgehead atoms. The average molecular weight is 311 g/mol. The largest absolute Gasteiger partial charge is 0.332 e. The monoisotopic (exact) mass is 311 g/mol. The summed E-state index contributed by atoms with van der Waals surface area (Å²) in [5, 5.41) is 7.13. The smallest absolute Gasteiger partial charge is 0.319 e. The zero-order chi connectivity index (χ0) is 16.2. The molecule has 1 atom stereocenters. The maximum Gasteiger partial charge on any atom is 0.332 e. The van der Waals surface area contributed by atoms with Crippen molar-refractivity contribution in [1.82, 2.24) is 20.1 Å². The highest BCUT2D eigenvalue weighted by molar-refractivity contribution is 6.22. The van der Waals surface area contributed by atoms with Crippen molar-refractivity contribution in [2.75, 3.05) is 4.90 Å². The number of rotatable bonds is 2. The van der Waals surface area contributed by atoms with E-state index in [2.05, 4.69) is 15.4 Å². The number of anilines is 1. The molecule has 2 aromatic rings. The number of amides is 3. The number of benzene rings is 1. The van der Waals surface area contributed by atoms with Gasteiger partial charge >= 0.3 is 6.03 Å². The van der Waals surface area contributed by atoms with Crippen molar-refractivity contribution >= 4 is 17.9 Å². The van der Waals surface area contributed by atoms with Crippen LogP contribution in [0.3, 0.4) is 0 Å². The lowest BCUT2D eigenvalue weighted by Gasteiger charge is -2.22. The molecule has 1 saturated heterocycles. The van der Waals surface area contributed by atoms with Crippen LogP contribution in [-0.2, 0) is 23.3 Å². The van der Waals surface area contributed by atoms with Crippen LogP contribution in [0.1, 0.15) is 30.3 Å². The number of carbonyl (C=O) groups is 2. The van der Waals surface area contributed by atoms with Gasteiger partial charge in [0.15, 0.2) is 0 Å². The fourth-order valence-corrected chi connectivity index (χ4v) is 3.54. The van der Waals surface area contributed by atoms with Gasteiger partial charge in [-0.05, 0) is 37.8 Å². The fraction of sp³-hybridized carbons (Fsp3) is 0.375. The number of hydrogen-bond donors (Lipinski definition) is 1. The Morgan fingerprint density at radius 1 is 1.30 bits per heavy atom. The summed E-state index contributed by atoms with van der Waals surface area (Å²) in [4.78, 5) is 31.1. The van der Waals surface area contributed by atoms with Crippen LogP contribution in [-0.4, -0.2) is 26.7 Å². The van der Waals surface area contributed by atoms with Gasteiger partial charge in [-0.2, -0.15) is 15.0 Å². The Bertz CT molecular complexity index is 828. The quantitative estimate of drug-likeness (QED) is 0.852. The van der Waals surface area contributed by atoms with Gasteiger partial charge in [0.2, 0.25) is 5.95 Å². The van der Waals surface area contributed by atoms with E-state index in [4.69, 9.17) is 0 Å². The van der Waals surface area contributed by atoms with Gasteiger partial charge in [0.1, 0.15) is 11.4 Å². The summed E-state index contributed by atoms with van der Waals surface area (Å²) in [5.41, 5.74) is 1.03. The minimum absolute atomic E-state index is 0.269. The maximum atomic E-state index is 13.1. The third-order valence-electron chi connectivity index (χ3n) is 4.60. The second-order valence-corrected chi connectivity index (χ2v) is 5.91. The second kappa shape index (κ2) is 4.65. The molecule has 4 rings (SSSR count). The van der Waals surface area contributed by atoms with Gasteiger partial charge in [-0.3, -0.25) is 4.79 Å². The van der Waals surface area contributed by atoms with Gasteiger partial charge < -0.3 is 5.32 Å². The molecule has 2 heterocycles. The third-order valence-corrected chi connectivity index (χ3v) is 4.60. The van der Waals surface area contributed by atoms with Crippen LogP contribution >= 0.6 is 0 Å². The first-order valence-electron chi connectivity index (χ1n) is 7.73. The summed E-state index contributed by atoms with van der Waals surface area (Å²) in [6.07, 6.45) is 1.35. The summed E-state index contributed by atoms with van der Waals surface area (Å²) in [7, 11) is 0. The third kappa shape index (κ3) is 1.76. The molecule has 7 heteroatoms. The van der Waals surface area contributed by atoms with Gasteiger partial charge in [-0.1, -0.05) is 24.3 Å². The van der Waals surface area contributed by atoms with Crippen LogP contribution in [0.25, 0.3) is 0 Å². The zero-order valence-electron chi connectivity index (χ0n) is 13.0. The Morgan fingerprint density at radius 3 is 2.87 bits per heavy atom. The molecule has 1 fully saturated rings. The lowest BCUT2D eigenvalue weighted by atomic mass is 9.92. The van der Waals surface area contributed by atoms with Gasteiger partial charge in [0, 0.05) is 6.54 Å². The van der Waals surface area contributed by atoms with E-state index in [0.717, 1.165) is 22.4 Å². The molecule has 1 aliphatic carbocycles. The van der Waals surface area contributed by atoms with E-state index in [1.807, 2.05) is 31.2 Å². The molecule has 1 spiro atoms. The molecule has 23 heavy (non-hydrogen) atoms. The molecular formula is C16H17N5O2. The second-order valence-electron chi connectivity index (χ2n) is 5.91. The van der Waals surface area contributed by atoms with E-state index in [-0.39, 0.29) is 11.9 Å². The topological polar surface area (TPSA) is 80.1 Å². The van der Waals surface area contributed by atoms with Crippen molar-refractivity contribution in [3.05, 3.63) is 41.2 Å². The Labute approximate surface area is 133 Å². The van der Waals surface area contributed by atoms with Crippen LogP contribution in [0.15, 0.2) is 24.3 Å². The minimum atomic E-state index is -0.966. The van der Waals surface area contributed by atoms with Gasteiger partial charge in [-0.15, -0.1) is 0 Å². The molecule has 1 aromatic carbocycles. The standard InChI is InChI=1S/C16H17N5O2/c1-3-20-14(17-10(2)19-20)21-13(22)16(18-15(21)23)9-8-11-6-4-5-7-12(11)16/h4-7H,3,8-9H2,1-2H3,(H,18,23). The van der Waals surface area contributed by atoms with E-state index >= 15 is 0 Å². The van der Waals surface area contributed by atoms with Gasteiger partial charge in [0.25, 0.3) is 5.91 Å². The molecule has 1 aliphatic heterocycles. The van der Waals surface area contributed by atoms with Crippen LogP contribution in [0.5, 0.6) is 0 Å². The Kier molecular flexibility index (Phi) is 2.81. The zero-order valence-corrected chi connectivity index (χ0v) is 13.0. The molecule has 3 amide bonds. The number of hydrogen-bond acceptors (Lipinski definition) is 4. The Hall–Kier alpha value is -2.70. The van der Waals surface area contributed by atoms with Crippen molar-refractivity contribution in [3.8, 4) is 0 Å². The SMILES string of the molecule is CCn1nc(C)nc1N1C(=O)NC2(CCc3ccccc32)C1=O. The first-order chi connectivity index (χ1) is 11.1. The Balaban J connectivity index is 1.82. The first-order valence-corrected chi connectivity index (χ1v) is 7.73. The first kappa shape index (κ1) is 13.9. The molecule has 7 nitrogen and oxygen atoms in total. The van der Waals surface area contributed by atoms with E-state index < -0.39 is 11.6 Å². The molecule has 0 saturated carbocycles. The van der Waals surface area contributed by atoms with E-state index in [1.54, 1.807) is 11.6 Å². The van der Waals surface area contributed by atoms with Crippen LogP contribution < -0.4 is 10.2 Å². The number of fused-ring (bicyclic) bond motifs is 2. The predicted octanol–water partition coefficient (Wildman–Crippen LogP) is 1.50. The van der Waals surface area contributed by atoms with Crippen LogP contribution in [0.2, 0.25) is 0 Å². The lowest BCUT2D eigenvalue weighted by Crippen LogP contribution is -2.42. The highest BCUT2D eigenvalue weighted by Crippen LogP contribution is 2.42. The molecule has 118 valence electrons. The number of urea groups is 1. The highest BCUT2D eigenvalue weighted by atomic mass is 16.2. The molecular weight excluding hydrogens is 294 g/mol. The molecule has 1 unspecified atom stereocenters. The molecule has 2 aliphatic rings. The van der Waals surface area contributed by atoms with E-state index in [9.17, 15) is 9.59 Å². The molecule has 1 aromatic heterocycles. The van der Waals surface area contributed by atoms with Gasteiger partial charge in [0.05, 0.1) is 0 Å². The van der Waals surface area contributed by atoms with E-state index in [0.29, 0.717) is 18.8 Å². The summed E-state index contributed by atoms with van der Waals surface area (Å²) < 4.78 is 1.58. The number of aromatic nitrogens is 3. The fourth-order valence-electron chi connectivity index (χ4n) is 3.54. The van der Waals surface area contributed by atoms with E-state index in [1.165, 1.54) is 0 Å². The summed E-state index contributed by atoms with van der Waals surface area (Å²) in [5.74, 6) is 0.554. The number of aryl methyl sites for hydroxylation is 3.